The number of hydrogen-bond acceptors (Lipinski definition) is 4. The fourth-order valence-corrected chi connectivity index (χ4v) is 5.39. The summed E-state index contributed by atoms with van der Waals surface area (Å²) in [6.07, 6.45) is 4.32. The summed E-state index contributed by atoms with van der Waals surface area (Å²) in [5.74, 6) is 1.83. The van der Waals surface area contributed by atoms with Crippen LogP contribution in [0.4, 0.5) is 0 Å². The van der Waals surface area contributed by atoms with Gasteiger partial charge in [0.15, 0.2) is 11.5 Å². The number of rotatable bonds is 6. The van der Waals surface area contributed by atoms with Crippen LogP contribution in [0.2, 0.25) is 0 Å². The second-order valence-corrected chi connectivity index (χ2v) is 9.98. The number of likely N-dealkylation sites (tertiary alicyclic amines) is 1. The molecule has 1 saturated heterocycles. The Hall–Kier alpha value is -3.60. The van der Waals surface area contributed by atoms with Crippen molar-refractivity contribution >= 4 is 11.7 Å². The molecule has 0 bridgehead atoms. The molecule has 0 N–H and O–H groups in total. The minimum Gasteiger partial charge on any atom is -0.454 e. The SMILES string of the molecule is Cc1ccc(CC(=O)C2(c3ccc4c(c3)OCO4)CC2)cc1-c1ccc(C(=O)N2CCCC2)cc1. The van der Waals surface area contributed by atoms with Crippen molar-refractivity contribution in [3.8, 4) is 22.6 Å². The Bertz CT molecular complexity index is 1300. The number of nitrogens with zero attached hydrogens (tertiary/aromatic N) is 1. The molecule has 0 unspecified atom stereocenters. The van der Waals surface area contributed by atoms with Crippen molar-refractivity contribution in [1.82, 2.24) is 4.90 Å². The standard InChI is InChI=1S/C30H29NO4/c1-20-4-5-21(16-25(20)22-6-8-23(9-7-22)29(33)31-14-2-3-15-31)17-28(32)30(12-13-30)24-10-11-26-27(18-24)35-19-34-26/h4-11,16,18H,2-3,12-15,17,19H2,1H3. The third-order valence-corrected chi connectivity index (χ3v) is 7.71. The van der Waals surface area contributed by atoms with Crippen LogP contribution in [0.1, 0.15) is 52.7 Å². The Labute approximate surface area is 205 Å². The molecule has 2 aliphatic heterocycles. The van der Waals surface area contributed by atoms with Crippen molar-refractivity contribution < 1.29 is 19.1 Å². The number of carbonyl (C=O) groups is 2. The molecule has 1 saturated carbocycles. The van der Waals surface area contributed by atoms with E-state index in [4.69, 9.17) is 9.47 Å². The number of carbonyl (C=O) groups excluding carboxylic acids is 2. The van der Waals surface area contributed by atoms with Crippen molar-refractivity contribution in [2.45, 2.75) is 44.4 Å². The first kappa shape index (κ1) is 21.9. The van der Waals surface area contributed by atoms with Crippen LogP contribution in [0.25, 0.3) is 11.1 Å². The highest BCUT2D eigenvalue weighted by Gasteiger charge is 2.50. The van der Waals surface area contributed by atoms with Gasteiger partial charge in [-0.05, 0) is 84.7 Å². The van der Waals surface area contributed by atoms with Gasteiger partial charge in [-0.1, -0.05) is 36.4 Å². The quantitative estimate of drug-likeness (QED) is 0.482. The molecule has 5 nitrogen and oxygen atoms in total. The first-order chi connectivity index (χ1) is 17.0. The summed E-state index contributed by atoms with van der Waals surface area (Å²) in [6.45, 7) is 4.02. The molecule has 3 aliphatic rings. The zero-order chi connectivity index (χ0) is 24.0. The van der Waals surface area contributed by atoms with Gasteiger partial charge in [-0.15, -0.1) is 0 Å². The Morgan fingerprint density at radius 2 is 1.63 bits per heavy atom. The van der Waals surface area contributed by atoms with Gasteiger partial charge in [0, 0.05) is 25.1 Å². The number of benzene rings is 3. The monoisotopic (exact) mass is 467 g/mol. The molecular weight excluding hydrogens is 438 g/mol. The van der Waals surface area contributed by atoms with Crippen LogP contribution >= 0.6 is 0 Å². The first-order valence-electron chi connectivity index (χ1n) is 12.5. The molecule has 6 rings (SSSR count). The first-order valence-corrected chi connectivity index (χ1v) is 12.5. The van der Waals surface area contributed by atoms with Crippen molar-refractivity contribution in [2.24, 2.45) is 0 Å². The highest BCUT2D eigenvalue weighted by Crippen LogP contribution is 2.51. The van der Waals surface area contributed by atoms with E-state index in [2.05, 4.69) is 25.1 Å². The third-order valence-electron chi connectivity index (χ3n) is 7.71. The average molecular weight is 468 g/mol. The largest absolute Gasteiger partial charge is 0.454 e. The Morgan fingerprint density at radius 1 is 0.886 bits per heavy atom. The summed E-state index contributed by atoms with van der Waals surface area (Å²) in [5, 5.41) is 0. The maximum absolute atomic E-state index is 13.5. The minimum absolute atomic E-state index is 0.114. The normalized spacial score (nSPS) is 17.5. The van der Waals surface area contributed by atoms with Gasteiger partial charge < -0.3 is 14.4 Å². The minimum atomic E-state index is -0.413. The summed E-state index contributed by atoms with van der Waals surface area (Å²) >= 11 is 0. The molecule has 35 heavy (non-hydrogen) atoms. The van der Waals surface area contributed by atoms with Gasteiger partial charge in [0.1, 0.15) is 5.78 Å². The van der Waals surface area contributed by atoms with E-state index >= 15 is 0 Å². The second kappa shape index (κ2) is 8.56. The van der Waals surface area contributed by atoms with Crippen molar-refractivity contribution in [3.63, 3.8) is 0 Å². The maximum atomic E-state index is 13.5. The van der Waals surface area contributed by atoms with E-state index in [1.165, 1.54) is 0 Å². The van der Waals surface area contributed by atoms with Crippen molar-refractivity contribution in [2.75, 3.05) is 19.9 Å². The van der Waals surface area contributed by atoms with Gasteiger partial charge in [0.05, 0.1) is 5.41 Å². The smallest absolute Gasteiger partial charge is 0.253 e. The molecule has 178 valence electrons. The number of Topliss-reactive ketones (excluding diaryl/α,β-unsaturated/α-hetero) is 1. The Morgan fingerprint density at radius 3 is 2.37 bits per heavy atom. The molecule has 3 aromatic carbocycles. The topological polar surface area (TPSA) is 55.8 Å². The van der Waals surface area contributed by atoms with E-state index in [-0.39, 0.29) is 18.5 Å². The summed E-state index contributed by atoms with van der Waals surface area (Å²) in [7, 11) is 0. The Kier molecular flexibility index (Phi) is 5.36. The van der Waals surface area contributed by atoms with Crippen LogP contribution in [0.3, 0.4) is 0 Å². The third kappa shape index (κ3) is 3.99. The van der Waals surface area contributed by atoms with Gasteiger partial charge >= 0.3 is 0 Å². The van der Waals surface area contributed by atoms with E-state index < -0.39 is 5.41 Å². The zero-order valence-electron chi connectivity index (χ0n) is 20.0. The lowest BCUT2D eigenvalue weighted by Gasteiger charge is -2.17. The van der Waals surface area contributed by atoms with E-state index in [0.29, 0.717) is 6.42 Å². The van der Waals surface area contributed by atoms with E-state index in [1.54, 1.807) is 0 Å². The van der Waals surface area contributed by atoms with Crippen LogP contribution in [-0.4, -0.2) is 36.5 Å². The molecule has 2 heterocycles. The highest BCUT2D eigenvalue weighted by molar-refractivity contribution is 5.96. The average Bonchev–Trinajstić information content (AvgIpc) is 3.27. The van der Waals surface area contributed by atoms with Crippen LogP contribution in [0.5, 0.6) is 11.5 Å². The summed E-state index contributed by atoms with van der Waals surface area (Å²) in [5.41, 5.74) is 5.67. The van der Waals surface area contributed by atoms with Gasteiger partial charge in [0.2, 0.25) is 6.79 Å². The lowest BCUT2D eigenvalue weighted by molar-refractivity contribution is -0.120. The van der Waals surface area contributed by atoms with E-state index in [0.717, 1.165) is 83.7 Å². The van der Waals surface area contributed by atoms with Crippen LogP contribution in [-0.2, 0) is 16.6 Å². The van der Waals surface area contributed by atoms with Crippen LogP contribution in [0, 0.1) is 6.92 Å². The molecule has 0 radical (unpaired) electrons. The number of fused-ring (bicyclic) bond motifs is 1. The van der Waals surface area contributed by atoms with Gasteiger partial charge in [0.25, 0.3) is 5.91 Å². The maximum Gasteiger partial charge on any atom is 0.253 e. The number of ether oxygens (including phenoxy) is 2. The van der Waals surface area contributed by atoms with Gasteiger partial charge in [-0.25, -0.2) is 0 Å². The molecule has 0 atom stereocenters. The van der Waals surface area contributed by atoms with Crippen molar-refractivity contribution in [1.29, 1.82) is 0 Å². The summed E-state index contributed by atoms with van der Waals surface area (Å²) in [4.78, 5) is 28.1. The fraction of sp³-hybridized carbons (Fsp3) is 0.333. The fourth-order valence-electron chi connectivity index (χ4n) is 5.39. The number of hydrogen-bond donors (Lipinski definition) is 0. The predicted octanol–water partition coefficient (Wildman–Crippen LogP) is 5.47. The number of ketones is 1. The van der Waals surface area contributed by atoms with E-state index in [9.17, 15) is 9.59 Å². The highest BCUT2D eigenvalue weighted by atomic mass is 16.7. The molecular formula is C30H29NO4. The summed E-state index contributed by atoms with van der Waals surface area (Å²) < 4.78 is 11.0. The molecule has 5 heteroatoms. The second-order valence-electron chi connectivity index (χ2n) is 9.98. The van der Waals surface area contributed by atoms with Gasteiger partial charge in [-0.2, -0.15) is 0 Å². The summed E-state index contributed by atoms with van der Waals surface area (Å²) in [6, 6.07) is 20.0. The molecule has 0 aromatic heterocycles. The number of aryl methyl sites for hydroxylation is 1. The van der Waals surface area contributed by atoms with Crippen LogP contribution in [0.15, 0.2) is 60.7 Å². The zero-order valence-corrected chi connectivity index (χ0v) is 20.0. The molecule has 1 aliphatic carbocycles. The molecule has 1 amide bonds. The van der Waals surface area contributed by atoms with Crippen molar-refractivity contribution in [3.05, 3.63) is 82.9 Å². The Balaban J connectivity index is 1.21. The molecule has 0 spiro atoms. The molecule has 2 fully saturated rings. The number of amides is 1. The molecule has 3 aromatic rings. The lowest BCUT2D eigenvalue weighted by atomic mass is 9.87. The predicted molar refractivity (Wildman–Crippen MR) is 134 cm³/mol. The van der Waals surface area contributed by atoms with E-state index in [1.807, 2.05) is 47.4 Å². The van der Waals surface area contributed by atoms with Gasteiger partial charge in [-0.3, -0.25) is 9.59 Å². The van der Waals surface area contributed by atoms with Crippen LogP contribution < -0.4 is 9.47 Å². The lowest BCUT2D eigenvalue weighted by Crippen LogP contribution is -2.27.